The molecule has 0 atom stereocenters. The van der Waals surface area contributed by atoms with Gasteiger partial charge in [-0.15, -0.1) is 0 Å². The molecule has 2 rings (SSSR count). The maximum absolute atomic E-state index is 13.3. The van der Waals surface area contributed by atoms with E-state index in [2.05, 4.69) is 4.98 Å². The predicted molar refractivity (Wildman–Crippen MR) is 59.4 cm³/mol. The third-order valence-corrected chi connectivity index (χ3v) is 2.06. The Labute approximate surface area is 92.7 Å². The molecule has 3 nitrogen and oxygen atoms in total. The van der Waals surface area contributed by atoms with Crippen molar-refractivity contribution in [3.63, 3.8) is 0 Å². The average Bonchev–Trinajstić information content (AvgIpc) is 2.29. The molecule has 2 N–H and O–H groups in total. The normalized spacial score (nSPS) is 10.1. The van der Waals surface area contributed by atoms with Crippen LogP contribution in [0.15, 0.2) is 42.6 Å². The second-order valence-corrected chi connectivity index (χ2v) is 3.30. The van der Waals surface area contributed by atoms with Gasteiger partial charge in [-0.3, -0.25) is 4.98 Å². The summed E-state index contributed by atoms with van der Waals surface area (Å²) >= 11 is 0. The van der Waals surface area contributed by atoms with E-state index in [1.54, 1.807) is 12.3 Å². The standard InChI is InChI=1S/C12H11FN2O/c13-11-7-9(14)4-5-12(11)16-8-10-3-1-2-6-15-10/h1-7H,8,14H2. The Balaban J connectivity index is 2.05. The molecule has 0 radical (unpaired) electrons. The van der Waals surface area contributed by atoms with Gasteiger partial charge in [0.1, 0.15) is 6.61 Å². The summed E-state index contributed by atoms with van der Waals surface area (Å²) in [4.78, 5) is 4.07. The summed E-state index contributed by atoms with van der Waals surface area (Å²) in [5, 5.41) is 0. The molecule has 0 aliphatic rings. The Kier molecular flexibility index (Phi) is 3.00. The maximum atomic E-state index is 13.3. The largest absolute Gasteiger partial charge is 0.484 e. The molecule has 0 spiro atoms. The molecule has 0 saturated heterocycles. The fraction of sp³-hybridized carbons (Fsp3) is 0.0833. The third kappa shape index (κ3) is 2.48. The smallest absolute Gasteiger partial charge is 0.167 e. The lowest BCUT2D eigenvalue weighted by Crippen LogP contribution is -1.99. The number of hydrogen-bond acceptors (Lipinski definition) is 3. The molecule has 0 unspecified atom stereocenters. The summed E-state index contributed by atoms with van der Waals surface area (Å²) in [5.74, 6) is -0.282. The first-order valence-electron chi connectivity index (χ1n) is 4.83. The van der Waals surface area contributed by atoms with Crippen LogP contribution in [-0.2, 0) is 6.61 Å². The highest BCUT2D eigenvalue weighted by Crippen LogP contribution is 2.20. The Morgan fingerprint density at radius 2 is 2.12 bits per heavy atom. The minimum absolute atomic E-state index is 0.180. The van der Waals surface area contributed by atoms with Gasteiger partial charge in [-0.05, 0) is 24.3 Å². The molecule has 82 valence electrons. The van der Waals surface area contributed by atoms with E-state index in [4.69, 9.17) is 10.5 Å². The number of aromatic nitrogens is 1. The highest BCUT2D eigenvalue weighted by Gasteiger charge is 2.03. The number of nitrogens with two attached hydrogens (primary N) is 1. The van der Waals surface area contributed by atoms with Gasteiger partial charge in [-0.1, -0.05) is 6.07 Å². The third-order valence-electron chi connectivity index (χ3n) is 2.06. The van der Waals surface area contributed by atoms with Gasteiger partial charge in [-0.25, -0.2) is 4.39 Å². The number of anilines is 1. The fourth-order valence-corrected chi connectivity index (χ4v) is 1.27. The topological polar surface area (TPSA) is 48.1 Å². The molecule has 0 aliphatic carbocycles. The van der Waals surface area contributed by atoms with E-state index in [-0.39, 0.29) is 12.4 Å². The fourth-order valence-electron chi connectivity index (χ4n) is 1.27. The van der Waals surface area contributed by atoms with Gasteiger partial charge in [0.15, 0.2) is 11.6 Å². The minimum Gasteiger partial charge on any atom is -0.484 e. The van der Waals surface area contributed by atoms with Gasteiger partial charge in [-0.2, -0.15) is 0 Å². The van der Waals surface area contributed by atoms with E-state index in [1.807, 2.05) is 18.2 Å². The highest BCUT2D eigenvalue weighted by atomic mass is 19.1. The van der Waals surface area contributed by atoms with Gasteiger partial charge in [0.2, 0.25) is 0 Å². The molecule has 0 fully saturated rings. The molecular weight excluding hydrogens is 207 g/mol. The summed E-state index contributed by atoms with van der Waals surface area (Å²) in [6.45, 7) is 0.238. The van der Waals surface area contributed by atoms with Crippen LogP contribution in [0, 0.1) is 5.82 Å². The lowest BCUT2D eigenvalue weighted by Gasteiger charge is -2.06. The highest BCUT2D eigenvalue weighted by molar-refractivity contribution is 5.42. The second-order valence-electron chi connectivity index (χ2n) is 3.30. The zero-order valence-corrected chi connectivity index (χ0v) is 8.56. The van der Waals surface area contributed by atoms with Crippen LogP contribution in [0.4, 0.5) is 10.1 Å². The van der Waals surface area contributed by atoms with E-state index >= 15 is 0 Å². The van der Waals surface area contributed by atoms with Crippen LogP contribution in [0.3, 0.4) is 0 Å². The lowest BCUT2D eigenvalue weighted by atomic mass is 10.3. The number of ether oxygens (including phenoxy) is 1. The maximum Gasteiger partial charge on any atom is 0.167 e. The van der Waals surface area contributed by atoms with Crippen LogP contribution in [0.5, 0.6) is 5.75 Å². The number of nitrogens with zero attached hydrogens (tertiary/aromatic N) is 1. The molecule has 4 heteroatoms. The number of rotatable bonds is 3. The van der Waals surface area contributed by atoms with Crippen LogP contribution in [0.1, 0.15) is 5.69 Å². The van der Waals surface area contributed by atoms with Crippen molar-refractivity contribution in [3.05, 3.63) is 54.1 Å². The SMILES string of the molecule is Nc1ccc(OCc2ccccn2)c(F)c1. The van der Waals surface area contributed by atoms with E-state index in [1.165, 1.54) is 12.1 Å². The van der Waals surface area contributed by atoms with Crippen molar-refractivity contribution in [2.45, 2.75) is 6.61 Å². The van der Waals surface area contributed by atoms with Gasteiger partial charge in [0.05, 0.1) is 5.69 Å². The molecule has 0 aliphatic heterocycles. The van der Waals surface area contributed by atoms with Crippen molar-refractivity contribution in [1.29, 1.82) is 0 Å². The summed E-state index contributed by atoms with van der Waals surface area (Å²) in [5.41, 5.74) is 6.55. The van der Waals surface area contributed by atoms with E-state index in [0.717, 1.165) is 5.69 Å². The van der Waals surface area contributed by atoms with Gasteiger partial charge >= 0.3 is 0 Å². The molecule has 1 aromatic heterocycles. The number of halogens is 1. The first-order valence-corrected chi connectivity index (χ1v) is 4.83. The number of pyridine rings is 1. The summed E-state index contributed by atoms with van der Waals surface area (Å²) in [6, 6.07) is 9.81. The molecule has 1 aromatic carbocycles. The predicted octanol–water partition coefficient (Wildman–Crippen LogP) is 2.38. The lowest BCUT2D eigenvalue weighted by molar-refractivity contribution is 0.286. The number of nitrogen functional groups attached to an aromatic ring is 1. The number of hydrogen-bond donors (Lipinski definition) is 1. The van der Waals surface area contributed by atoms with Crippen molar-refractivity contribution < 1.29 is 9.13 Å². The van der Waals surface area contributed by atoms with Crippen LogP contribution in [0.2, 0.25) is 0 Å². The zero-order valence-electron chi connectivity index (χ0n) is 8.56. The van der Waals surface area contributed by atoms with Crippen LogP contribution < -0.4 is 10.5 Å². The molecule has 0 amide bonds. The number of benzene rings is 1. The molecule has 2 aromatic rings. The second kappa shape index (κ2) is 4.61. The van der Waals surface area contributed by atoms with E-state index < -0.39 is 5.82 Å². The molecular formula is C12H11FN2O. The van der Waals surface area contributed by atoms with Crippen molar-refractivity contribution in [2.75, 3.05) is 5.73 Å². The van der Waals surface area contributed by atoms with Gasteiger partial charge in [0, 0.05) is 18.0 Å². The van der Waals surface area contributed by atoms with Crippen molar-refractivity contribution in [2.24, 2.45) is 0 Å². The van der Waals surface area contributed by atoms with Crippen LogP contribution in [-0.4, -0.2) is 4.98 Å². The Morgan fingerprint density at radius 1 is 1.25 bits per heavy atom. The Bertz CT molecular complexity index is 474. The van der Waals surface area contributed by atoms with Crippen LogP contribution in [0.25, 0.3) is 0 Å². The molecule has 0 saturated carbocycles. The summed E-state index contributed by atoms with van der Waals surface area (Å²) in [6.07, 6.45) is 1.66. The van der Waals surface area contributed by atoms with Gasteiger partial charge in [0.25, 0.3) is 0 Å². The summed E-state index contributed by atoms with van der Waals surface area (Å²) < 4.78 is 18.6. The van der Waals surface area contributed by atoms with Gasteiger partial charge < -0.3 is 10.5 Å². The first kappa shape index (κ1) is 10.4. The Hall–Kier alpha value is -2.10. The minimum atomic E-state index is -0.462. The van der Waals surface area contributed by atoms with Crippen molar-refractivity contribution >= 4 is 5.69 Å². The summed E-state index contributed by atoms with van der Waals surface area (Å²) in [7, 11) is 0. The molecule has 0 bridgehead atoms. The van der Waals surface area contributed by atoms with E-state index in [0.29, 0.717) is 5.69 Å². The van der Waals surface area contributed by atoms with E-state index in [9.17, 15) is 4.39 Å². The first-order chi connectivity index (χ1) is 7.75. The Morgan fingerprint density at radius 3 is 2.81 bits per heavy atom. The quantitative estimate of drug-likeness (QED) is 0.804. The average molecular weight is 218 g/mol. The van der Waals surface area contributed by atoms with Crippen molar-refractivity contribution in [1.82, 2.24) is 4.98 Å². The van der Waals surface area contributed by atoms with Crippen LogP contribution >= 0.6 is 0 Å². The molecule has 1 heterocycles. The monoisotopic (exact) mass is 218 g/mol. The van der Waals surface area contributed by atoms with Crippen molar-refractivity contribution in [3.8, 4) is 5.75 Å². The molecule has 16 heavy (non-hydrogen) atoms. The zero-order chi connectivity index (χ0) is 11.4.